The molecule has 1 fully saturated rings. The molecule has 2 aliphatic heterocycles. The second kappa shape index (κ2) is 13.2. The maximum atomic E-state index is 13.7. The molecule has 2 N–H and O–H groups in total. The highest BCUT2D eigenvalue weighted by Crippen LogP contribution is 2.59. The predicted octanol–water partition coefficient (Wildman–Crippen LogP) is 11.0. The number of hydrogen-bond donors (Lipinski definition) is 2. The minimum absolute atomic E-state index is 0.304. The average molecular weight is 615 g/mol. The highest BCUT2D eigenvalue weighted by atomic mass is 16.6. The van der Waals surface area contributed by atoms with Crippen LogP contribution in [0.25, 0.3) is 0 Å². The Balaban J connectivity index is 1.34. The van der Waals surface area contributed by atoms with Gasteiger partial charge in [-0.05, 0) is 80.1 Å². The summed E-state index contributed by atoms with van der Waals surface area (Å²) in [7, 11) is 0. The number of para-hydroxylation sites is 1. The van der Waals surface area contributed by atoms with Crippen LogP contribution < -0.4 is 15.4 Å². The first-order valence-electron chi connectivity index (χ1n) is 17.5. The van der Waals surface area contributed by atoms with Gasteiger partial charge in [0.1, 0.15) is 11.5 Å². The largest absolute Gasteiger partial charge is 0.456 e. The molecule has 5 heteroatoms. The van der Waals surface area contributed by atoms with Gasteiger partial charge in [-0.15, -0.1) is 0 Å². The topological polar surface area (TPSA) is 59.6 Å². The maximum absolute atomic E-state index is 13.7. The van der Waals surface area contributed by atoms with Gasteiger partial charge in [-0.3, -0.25) is 0 Å². The highest BCUT2D eigenvalue weighted by molar-refractivity contribution is 5.97. The number of unbranched alkanes of at least 4 members (excludes halogenated alkanes) is 4. The minimum Gasteiger partial charge on any atom is -0.456 e. The van der Waals surface area contributed by atoms with Crippen molar-refractivity contribution in [1.82, 2.24) is 0 Å². The Kier molecular flexibility index (Phi) is 8.75. The number of benzene rings is 4. The van der Waals surface area contributed by atoms with E-state index in [1.807, 2.05) is 48.5 Å². The quantitative estimate of drug-likeness (QED) is 0.130. The first-order valence-corrected chi connectivity index (χ1v) is 17.5. The third-order valence-electron chi connectivity index (χ3n) is 10.3. The normalized spacial score (nSPS) is 19.0. The molecule has 4 aromatic carbocycles. The number of aryl methyl sites for hydroxylation is 1. The van der Waals surface area contributed by atoms with E-state index in [9.17, 15) is 4.79 Å². The van der Waals surface area contributed by atoms with Crippen LogP contribution in [0.4, 0.5) is 17.1 Å². The van der Waals surface area contributed by atoms with Crippen LogP contribution in [-0.2, 0) is 10.3 Å². The predicted molar refractivity (Wildman–Crippen MR) is 187 cm³/mol. The Labute approximate surface area is 273 Å². The fraction of sp³-hybridized carbons (Fsp3) is 0.390. The minimum atomic E-state index is -1.14. The first kappa shape index (κ1) is 30.4. The molecule has 1 aliphatic carbocycles. The molecule has 2 unspecified atom stereocenters. The van der Waals surface area contributed by atoms with Crippen LogP contribution in [0.15, 0.2) is 84.9 Å². The lowest BCUT2D eigenvalue weighted by Gasteiger charge is -2.40. The molecule has 7 rings (SSSR count). The standard InChI is InChI=1S/C41H46N2O3/c1-3-4-5-6-13-23-34(29-17-9-7-10-18-29)43-35-24-16-25-37-39(35)41(32-22-15-14-21-31(32)40(44)46-41)33-27-36(28(2)26-38(33)45-37)42-30-19-11-8-12-20-30/h8,11-12,14-16,19-22,24-27,29,34,42-43H,3-7,9-10,13,17-18,23H2,1-2H3. The number of carbonyl (C=O) groups is 1. The van der Waals surface area contributed by atoms with E-state index in [0.29, 0.717) is 23.3 Å². The summed E-state index contributed by atoms with van der Waals surface area (Å²) < 4.78 is 13.4. The summed E-state index contributed by atoms with van der Waals surface area (Å²) >= 11 is 0. The molecule has 238 valence electrons. The number of rotatable bonds is 11. The van der Waals surface area contributed by atoms with Crippen LogP contribution in [0.2, 0.25) is 0 Å². The lowest BCUT2D eigenvalue weighted by molar-refractivity contribution is 0.0226. The van der Waals surface area contributed by atoms with Crippen molar-refractivity contribution in [3.8, 4) is 11.5 Å². The summed E-state index contributed by atoms with van der Waals surface area (Å²) in [5.41, 5.74) is 6.05. The molecule has 0 radical (unpaired) electrons. The molecule has 5 nitrogen and oxygen atoms in total. The molecular weight excluding hydrogens is 568 g/mol. The number of anilines is 3. The molecule has 0 aromatic heterocycles. The zero-order valence-electron chi connectivity index (χ0n) is 27.2. The fourth-order valence-electron chi connectivity index (χ4n) is 7.94. The van der Waals surface area contributed by atoms with Crippen molar-refractivity contribution in [2.45, 2.75) is 96.1 Å². The van der Waals surface area contributed by atoms with Crippen LogP contribution in [0.5, 0.6) is 11.5 Å². The Morgan fingerprint density at radius 3 is 2.41 bits per heavy atom. The van der Waals surface area contributed by atoms with Gasteiger partial charge in [0.25, 0.3) is 0 Å². The van der Waals surface area contributed by atoms with E-state index in [1.54, 1.807) is 0 Å². The first-order chi connectivity index (χ1) is 22.6. The molecule has 0 bridgehead atoms. The zero-order valence-corrected chi connectivity index (χ0v) is 27.2. The van der Waals surface area contributed by atoms with E-state index in [-0.39, 0.29) is 5.97 Å². The second-order valence-electron chi connectivity index (χ2n) is 13.4. The van der Waals surface area contributed by atoms with Crippen LogP contribution >= 0.6 is 0 Å². The monoisotopic (exact) mass is 614 g/mol. The Morgan fingerprint density at radius 2 is 1.59 bits per heavy atom. The number of esters is 1. The number of hydrogen-bond acceptors (Lipinski definition) is 5. The van der Waals surface area contributed by atoms with Crippen LogP contribution in [0, 0.1) is 12.8 Å². The third-order valence-corrected chi connectivity index (χ3v) is 10.3. The number of nitrogens with one attached hydrogen (secondary N) is 2. The second-order valence-corrected chi connectivity index (χ2v) is 13.4. The third kappa shape index (κ3) is 5.65. The van der Waals surface area contributed by atoms with E-state index >= 15 is 0 Å². The number of fused-ring (bicyclic) bond motifs is 6. The van der Waals surface area contributed by atoms with Crippen molar-refractivity contribution in [1.29, 1.82) is 0 Å². The average Bonchev–Trinajstić information content (AvgIpc) is 3.38. The molecule has 0 saturated heterocycles. The van der Waals surface area contributed by atoms with E-state index in [0.717, 1.165) is 51.5 Å². The van der Waals surface area contributed by atoms with Gasteiger partial charge in [0.05, 0.1) is 11.1 Å². The molecular formula is C41H46N2O3. The van der Waals surface area contributed by atoms with Crippen molar-refractivity contribution in [3.63, 3.8) is 0 Å². The summed E-state index contributed by atoms with van der Waals surface area (Å²) in [6.07, 6.45) is 13.9. The summed E-state index contributed by atoms with van der Waals surface area (Å²) in [4.78, 5) is 13.7. The molecule has 1 spiro atoms. The van der Waals surface area contributed by atoms with Crippen molar-refractivity contribution in [3.05, 3.63) is 113 Å². The SMILES string of the molecule is CCCCCCCC(Nc1cccc2c1C1(OC(=O)c3ccccc31)c1cc(Nc3ccccc3)c(C)cc1O2)C1CCCCC1. The Morgan fingerprint density at radius 1 is 0.804 bits per heavy atom. The fourth-order valence-corrected chi connectivity index (χ4v) is 7.94. The van der Waals surface area contributed by atoms with Crippen LogP contribution in [-0.4, -0.2) is 12.0 Å². The summed E-state index contributed by atoms with van der Waals surface area (Å²) in [6, 6.07) is 28.8. The summed E-state index contributed by atoms with van der Waals surface area (Å²) in [5, 5.41) is 7.68. The van der Waals surface area contributed by atoms with Crippen molar-refractivity contribution in [2.24, 2.45) is 5.92 Å². The lowest BCUT2D eigenvalue weighted by Crippen LogP contribution is -2.36. The number of ether oxygens (including phenoxy) is 2. The van der Waals surface area contributed by atoms with Gasteiger partial charge in [0, 0.05) is 34.2 Å². The summed E-state index contributed by atoms with van der Waals surface area (Å²) in [5.74, 6) is 1.77. The van der Waals surface area contributed by atoms with Crippen molar-refractivity contribution >= 4 is 23.0 Å². The van der Waals surface area contributed by atoms with E-state index in [4.69, 9.17) is 9.47 Å². The molecule has 4 aromatic rings. The van der Waals surface area contributed by atoms with E-state index in [2.05, 4.69) is 60.9 Å². The van der Waals surface area contributed by atoms with Gasteiger partial charge in [-0.2, -0.15) is 0 Å². The molecule has 2 atom stereocenters. The van der Waals surface area contributed by atoms with Gasteiger partial charge in [-0.1, -0.05) is 101 Å². The Bertz CT molecular complexity index is 1690. The van der Waals surface area contributed by atoms with Crippen LogP contribution in [0.3, 0.4) is 0 Å². The molecule has 1 saturated carbocycles. The van der Waals surface area contributed by atoms with Crippen molar-refractivity contribution in [2.75, 3.05) is 10.6 Å². The Hall–Kier alpha value is -4.25. The van der Waals surface area contributed by atoms with Gasteiger partial charge < -0.3 is 20.1 Å². The molecule has 3 aliphatic rings. The zero-order chi connectivity index (χ0) is 31.5. The van der Waals surface area contributed by atoms with E-state index < -0.39 is 5.60 Å². The molecule has 2 heterocycles. The maximum Gasteiger partial charge on any atom is 0.340 e. The van der Waals surface area contributed by atoms with Gasteiger partial charge >= 0.3 is 5.97 Å². The molecule has 46 heavy (non-hydrogen) atoms. The van der Waals surface area contributed by atoms with Crippen LogP contribution in [0.1, 0.15) is 110 Å². The summed E-state index contributed by atoms with van der Waals surface area (Å²) in [6.45, 7) is 4.36. The van der Waals surface area contributed by atoms with Gasteiger partial charge in [0.15, 0.2) is 5.60 Å². The van der Waals surface area contributed by atoms with Gasteiger partial charge in [0.2, 0.25) is 0 Å². The van der Waals surface area contributed by atoms with Gasteiger partial charge in [-0.25, -0.2) is 4.79 Å². The smallest absolute Gasteiger partial charge is 0.340 e. The van der Waals surface area contributed by atoms with Crippen molar-refractivity contribution < 1.29 is 14.3 Å². The molecule has 0 amide bonds. The number of carbonyl (C=O) groups excluding carboxylic acids is 1. The lowest BCUT2D eigenvalue weighted by atomic mass is 9.76. The highest BCUT2D eigenvalue weighted by Gasteiger charge is 2.55. The van der Waals surface area contributed by atoms with E-state index in [1.165, 1.54) is 64.2 Å².